The molecule has 7 rings (SSSR count). The van der Waals surface area contributed by atoms with E-state index in [-0.39, 0.29) is 55.5 Å². The lowest BCUT2D eigenvalue weighted by Crippen LogP contribution is -2.45. The fraction of sp³-hybridized carbons (Fsp3) is 0.489. The summed E-state index contributed by atoms with van der Waals surface area (Å²) >= 11 is 1.43. The molecule has 0 N–H and O–H groups in total. The number of hydrogen-bond acceptors (Lipinski definition) is 10. The van der Waals surface area contributed by atoms with E-state index in [0.29, 0.717) is 59.0 Å². The summed E-state index contributed by atoms with van der Waals surface area (Å²) in [5, 5.41) is 0.483. The Labute approximate surface area is 353 Å². The first-order chi connectivity index (χ1) is 28.6. The smallest absolute Gasteiger partial charge is 0.417 e. The number of aromatic nitrogens is 2. The molecule has 3 aliphatic rings. The van der Waals surface area contributed by atoms with E-state index < -0.39 is 34.8 Å². The van der Waals surface area contributed by atoms with Gasteiger partial charge in [-0.3, -0.25) is 0 Å². The Morgan fingerprint density at radius 3 is 2.12 bits per heavy atom. The highest BCUT2D eigenvalue weighted by atomic mass is 32.2. The highest BCUT2D eigenvalue weighted by Crippen LogP contribution is 2.46. The van der Waals surface area contributed by atoms with Crippen LogP contribution in [0.2, 0.25) is 0 Å². The van der Waals surface area contributed by atoms with Crippen molar-refractivity contribution in [3.63, 3.8) is 0 Å². The number of carbonyl (C=O) groups excluding carboxylic acids is 1. The summed E-state index contributed by atoms with van der Waals surface area (Å²) < 4.78 is 85.7. The minimum absolute atomic E-state index is 0.0194. The summed E-state index contributed by atoms with van der Waals surface area (Å²) in [5.74, 6) is 1.60. The van der Waals surface area contributed by atoms with Gasteiger partial charge in [-0.15, -0.1) is 0 Å². The first-order valence-corrected chi connectivity index (χ1v) is 21.4. The number of carbonyl (C=O) groups is 1. The molecule has 2 fully saturated rings. The molecule has 60 heavy (non-hydrogen) atoms. The molecule has 0 saturated carbocycles. The molecule has 15 heteroatoms. The van der Waals surface area contributed by atoms with Crippen LogP contribution < -0.4 is 19.3 Å². The molecule has 322 valence electrons. The number of fused-ring (bicyclic) bond motifs is 3. The summed E-state index contributed by atoms with van der Waals surface area (Å²) in [7, 11) is 3.13. The number of halogens is 4. The van der Waals surface area contributed by atoms with E-state index in [1.54, 1.807) is 43.4 Å². The van der Waals surface area contributed by atoms with Gasteiger partial charge in [0.25, 0.3) is 0 Å². The lowest BCUT2D eigenvalue weighted by molar-refractivity contribution is -0.140. The van der Waals surface area contributed by atoms with E-state index in [1.165, 1.54) is 24.8 Å². The molecule has 0 aliphatic carbocycles. The molecule has 4 aromatic rings. The van der Waals surface area contributed by atoms with Gasteiger partial charge in [0.05, 0.1) is 49.9 Å². The number of thioether (sulfide) groups is 1. The first-order valence-electron chi connectivity index (χ1n) is 20.4. The van der Waals surface area contributed by atoms with Crippen LogP contribution in [0, 0.1) is 12.7 Å². The van der Waals surface area contributed by atoms with Gasteiger partial charge in [0.15, 0.2) is 11.0 Å². The number of amides is 1. The largest absolute Gasteiger partial charge is 0.497 e. The second kappa shape index (κ2) is 17.7. The lowest BCUT2D eigenvalue weighted by Gasteiger charge is -2.34. The number of rotatable bonds is 11. The standard InChI is InChI=1S/C45H53F4N5O5S/c1-8-60-42-50-35-22-37(58-26-34(35)41(51-42)52-20-19-30-13-14-31(25-52)54(30)43(55)59-44(3,4)5)38-39(45(47,48)49)27(2)21-36(40(38)46)53(23-28-9-15-32(56-6)16-10-28)24-29-11-17-33(57-7)18-12-29/h9-12,15-18,21,30-31,37H,8,13-14,19-20,22-26H2,1-7H3/t30-,31+,37?/m1/s1. The van der Waals surface area contributed by atoms with Crippen LogP contribution in [-0.2, 0) is 41.8 Å². The Balaban J connectivity index is 1.26. The molecule has 2 bridgehead atoms. The van der Waals surface area contributed by atoms with Crippen molar-refractivity contribution in [3.05, 3.63) is 99.5 Å². The lowest BCUT2D eigenvalue weighted by atomic mass is 9.90. The molecule has 0 radical (unpaired) electrons. The van der Waals surface area contributed by atoms with E-state index in [4.69, 9.17) is 28.9 Å². The van der Waals surface area contributed by atoms with Gasteiger partial charge in [0.1, 0.15) is 22.9 Å². The normalized spacial score (nSPS) is 19.1. The van der Waals surface area contributed by atoms with Crippen LogP contribution in [0.4, 0.5) is 33.9 Å². The molecule has 4 heterocycles. The maximum absolute atomic E-state index is 17.5. The van der Waals surface area contributed by atoms with E-state index in [1.807, 2.05) is 56.9 Å². The minimum Gasteiger partial charge on any atom is -0.497 e. The molecule has 2 saturated heterocycles. The van der Waals surface area contributed by atoms with Crippen LogP contribution in [0.15, 0.2) is 59.8 Å². The fourth-order valence-corrected chi connectivity index (χ4v) is 9.17. The van der Waals surface area contributed by atoms with Gasteiger partial charge in [-0.25, -0.2) is 19.2 Å². The van der Waals surface area contributed by atoms with Gasteiger partial charge < -0.3 is 33.6 Å². The summed E-state index contributed by atoms with van der Waals surface area (Å²) in [6, 6.07) is 15.8. The molecule has 3 aliphatic heterocycles. The second-order valence-corrected chi connectivity index (χ2v) is 17.8. The second-order valence-electron chi connectivity index (χ2n) is 16.6. The summed E-state index contributed by atoms with van der Waals surface area (Å²) in [6.45, 7) is 10.3. The number of alkyl halides is 3. The zero-order chi connectivity index (χ0) is 42.9. The summed E-state index contributed by atoms with van der Waals surface area (Å²) in [5.41, 5.74) is 0.498. The number of benzene rings is 3. The van der Waals surface area contributed by atoms with Gasteiger partial charge in [0.2, 0.25) is 0 Å². The zero-order valence-electron chi connectivity index (χ0n) is 35.2. The van der Waals surface area contributed by atoms with Crippen molar-refractivity contribution in [2.75, 3.05) is 42.9 Å². The van der Waals surface area contributed by atoms with Crippen molar-refractivity contribution >= 4 is 29.4 Å². The average molecular weight is 852 g/mol. The molecule has 1 aromatic heterocycles. The summed E-state index contributed by atoms with van der Waals surface area (Å²) in [4.78, 5) is 29.0. The number of nitrogens with zero attached hydrogens (tertiary/aromatic N) is 5. The van der Waals surface area contributed by atoms with Crippen LogP contribution in [-0.4, -0.2) is 71.7 Å². The topological polar surface area (TPSA) is 89.5 Å². The Kier molecular flexibility index (Phi) is 12.8. The molecule has 3 aromatic carbocycles. The Bertz CT molecular complexity index is 2120. The maximum atomic E-state index is 17.5. The molecule has 3 atom stereocenters. The van der Waals surface area contributed by atoms with Crippen molar-refractivity contribution in [2.24, 2.45) is 0 Å². The van der Waals surface area contributed by atoms with E-state index in [0.717, 1.165) is 24.0 Å². The highest BCUT2D eigenvalue weighted by molar-refractivity contribution is 7.99. The van der Waals surface area contributed by atoms with Crippen molar-refractivity contribution < 1.29 is 41.3 Å². The third kappa shape index (κ3) is 9.41. The van der Waals surface area contributed by atoms with E-state index in [2.05, 4.69) is 4.90 Å². The minimum atomic E-state index is -4.87. The van der Waals surface area contributed by atoms with Crippen molar-refractivity contribution in [2.45, 2.75) is 115 Å². The zero-order valence-corrected chi connectivity index (χ0v) is 36.0. The molecule has 1 amide bonds. The Morgan fingerprint density at radius 1 is 0.933 bits per heavy atom. The SMILES string of the molecule is CCSc1nc2c(c(N3CC[C@H]4CC[C@@H](C3)N4C(=O)OC(C)(C)C)n1)COC(c1c(F)c(N(Cc3ccc(OC)cc3)Cc3ccc(OC)cc3)cc(C)c1C(F)(F)F)C2. The number of hydrogen-bond donors (Lipinski definition) is 0. The predicted octanol–water partition coefficient (Wildman–Crippen LogP) is 10.1. The third-order valence-corrected chi connectivity index (χ3v) is 12.0. The third-order valence-electron chi connectivity index (χ3n) is 11.3. The number of anilines is 2. The van der Waals surface area contributed by atoms with Crippen molar-refractivity contribution in [3.8, 4) is 11.5 Å². The van der Waals surface area contributed by atoms with Gasteiger partial charge in [-0.2, -0.15) is 13.2 Å². The van der Waals surface area contributed by atoms with E-state index >= 15 is 17.6 Å². The van der Waals surface area contributed by atoms with Crippen LogP contribution in [0.3, 0.4) is 0 Å². The fourth-order valence-electron chi connectivity index (χ4n) is 8.59. The molecular formula is C45H53F4N5O5S. The number of ether oxygens (including phenoxy) is 4. The molecular weight excluding hydrogens is 799 g/mol. The summed E-state index contributed by atoms with van der Waals surface area (Å²) in [6.07, 6.45) is -4.19. The quantitative estimate of drug-likeness (QED) is 0.0826. The van der Waals surface area contributed by atoms with Crippen LogP contribution in [0.5, 0.6) is 11.5 Å². The molecule has 10 nitrogen and oxygen atoms in total. The monoisotopic (exact) mass is 851 g/mol. The van der Waals surface area contributed by atoms with Gasteiger partial charge in [0, 0.05) is 49.8 Å². The number of methoxy groups -OCH3 is 2. The predicted molar refractivity (Wildman–Crippen MR) is 223 cm³/mol. The Morgan fingerprint density at radius 2 is 1.55 bits per heavy atom. The van der Waals surface area contributed by atoms with Gasteiger partial charge in [-0.05, 0) is 99.7 Å². The van der Waals surface area contributed by atoms with Gasteiger partial charge in [-0.1, -0.05) is 43.0 Å². The van der Waals surface area contributed by atoms with Crippen molar-refractivity contribution in [1.82, 2.24) is 14.9 Å². The van der Waals surface area contributed by atoms with Crippen LogP contribution in [0.1, 0.15) is 92.1 Å². The van der Waals surface area contributed by atoms with Gasteiger partial charge >= 0.3 is 12.3 Å². The van der Waals surface area contributed by atoms with E-state index in [9.17, 15) is 4.79 Å². The Hall–Kier alpha value is -4.76. The molecule has 0 spiro atoms. The average Bonchev–Trinajstić information content (AvgIpc) is 3.50. The maximum Gasteiger partial charge on any atom is 0.417 e. The first kappa shape index (κ1) is 43.3. The number of aryl methyl sites for hydroxylation is 1. The molecule has 1 unspecified atom stereocenters. The highest BCUT2D eigenvalue weighted by Gasteiger charge is 2.45. The van der Waals surface area contributed by atoms with Crippen molar-refractivity contribution in [1.29, 1.82) is 0 Å². The van der Waals surface area contributed by atoms with Crippen LogP contribution in [0.25, 0.3) is 0 Å². The van der Waals surface area contributed by atoms with Crippen LogP contribution >= 0.6 is 11.8 Å².